The van der Waals surface area contributed by atoms with Crippen LogP contribution in [0.25, 0.3) is 115 Å². The van der Waals surface area contributed by atoms with E-state index in [-0.39, 0.29) is 5.92 Å². The van der Waals surface area contributed by atoms with Gasteiger partial charge < -0.3 is 8.83 Å². The lowest BCUT2D eigenvalue weighted by Crippen LogP contribution is -2.04. The molecule has 1 atom stereocenters. The van der Waals surface area contributed by atoms with Crippen molar-refractivity contribution in [2.45, 2.75) is 12.3 Å². The minimum absolute atomic E-state index is 0.228. The van der Waals surface area contributed by atoms with Crippen LogP contribution in [0.1, 0.15) is 22.8 Å². The second kappa shape index (κ2) is 12.9. The van der Waals surface area contributed by atoms with Crippen LogP contribution in [0, 0.1) is 0 Å². The Kier molecular flexibility index (Phi) is 7.17. The van der Waals surface area contributed by atoms with Crippen molar-refractivity contribution in [2.75, 3.05) is 0 Å². The van der Waals surface area contributed by atoms with Gasteiger partial charge in [-0.3, -0.25) is 0 Å². The SMILES string of the molecule is C1=CC(c2cccc(-c3cc4ccccc4c4ccccc34)c2)Cc2c1oc1c2ccc2c3cc(-c4ccc5cc(-c6ccc7ccccc7c6)ccc5c4)ccc3oc21. The maximum Gasteiger partial charge on any atom is 0.178 e. The first-order chi connectivity index (χ1) is 29.7. The molecule has 0 spiro atoms. The first-order valence-electron chi connectivity index (χ1n) is 20.8. The molecule has 0 saturated carbocycles. The van der Waals surface area contributed by atoms with Crippen molar-refractivity contribution in [2.24, 2.45) is 0 Å². The molecular formula is C58H36O2. The van der Waals surface area contributed by atoms with Crippen molar-refractivity contribution >= 4 is 82.1 Å². The molecule has 0 N–H and O–H groups in total. The van der Waals surface area contributed by atoms with Gasteiger partial charge in [0.15, 0.2) is 11.2 Å². The maximum absolute atomic E-state index is 6.64. The zero-order valence-electron chi connectivity index (χ0n) is 32.7. The van der Waals surface area contributed by atoms with E-state index in [1.807, 2.05) is 0 Å². The highest BCUT2D eigenvalue weighted by Gasteiger charge is 2.25. The second-order valence-corrected chi connectivity index (χ2v) is 16.4. The van der Waals surface area contributed by atoms with Gasteiger partial charge in [-0.1, -0.05) is 146 Å². The molecule has 1 aliphatic carbocycles. The van der Waals surface area contributed by atoms with Gasteiger partial charge in [0, 0.05) is 27.6 Å². The molecule has 0 fully saturated rings. The van der Waals surface area contributed by atoms with E-state index < -0.39 is 0 Å². The molecule has 2 nitrogen and oxygen atoms in total. The summed E-state index contributed by atoms with van der Waals surface area (Å²) in [6.07, 6.45) is 5.33. The minimum Gasteiger partial charge on any atom is -0.452 e. The van der Waals surface area contributed by atoms with Gasteiger partial charge in [-0.25, -0.2) is 0 Å². The Bertz CT molecular complexity index is 3760. The zero-order valence-corrected chi connectivity index (χ0v) is 32.7. The molecule has 1 aliphatic rings. The smallest absolute Gasteiger partial charge is 0.178 e. The molecule has 12 aromatic rings. The molecule has 60 heavy (non-hydrogen) atoms. The van der Waals surface area contributed by atoms with Gasteiger partial charge in [0.1, 0.15) is 11.3 Å². The lowest BCUT2D eigenvalue weighted by Gasteiger charge is -2.18. The third-order valence-corrected chi connectivity index (χ3v) is 13.0. The van der Waals surface area contributed by atoms with E-state index >= 15 is 0 Å². The number of rotatable bonds is 4. The normalized spacial score (nSPS) is 14.0. The summed E-state index contributed by atoms with van der Waals surface area (Å²) in [6, 6.07) is 68.7. The standard InChI is InChI=1S/C58H36O2/c1-2-9-36-28-38(17-16-35(36)8-1)39-18-19-41-30-42(21-20-40(41)29-39)44-23-27-56-54(33-44)51-25-24-50-53-32-43(22-26-55(53)59-57(50)58(51)60-56)37-11-7-12-45(31-37)52-34-46-10-3-4-13-47(46)48-14-5-6-15-49(48)52/h1-31,33-34,43H,32H2. The van der Waals surface area contributed by atoms with Gasteiger partial charge in [-0.2, -0.15) is 0 Å². The van der Waals surface area contributed by atoms with E-state index in [1.54, 1.807) is 0 Å². The molecule has 2 heteroatoms. The summed E-state index contributed by atoms with van der Waals surface area (Å²) in [7, 11) is 0. The number of hydrogen-bond donors (Lipinski definition) is 0. The predicted molar refractivity (Wildman–Crippen MR) is 252 cm³/mol. The molecule has 2 heterocycles. The molecule has 1 unspecified atom stereocenters. The van der Waals surface area contributed by atoms with Gasteiger partial charge >= 0.3 is 0 Å². The van der Waals surface area contributed by atoms with Gasteiger partial charge in [0.05, 0.1) is 0 Å². The Labute approximate surface area is 346 Å². The largest absolute Gasteiger partial charge is 0.452 e. The Morgan fingerprint density at radius 1 is 0.367 bits per heavy atom. The molecule has 10 aromatic carbocycles. The van der Waals surface area contributed by atoms with E-state index in [4.69, 9.17) is 8.83 Å². The van der Waals surface area contributed by atoms with Crippen molar-refractivity contribution in [3.63, 3.8) is 0 Å². The number of benzene rings is 10. The summed E-state index contributed by atoms with van der Waals surface area (Å²) in [4.78, 5) is 0. The molecule has 280 valence electrons. The van der Waals surface area contributed by atoms with E-state index in [0.29, 0.717) is 0 Å². The number of allylic oxidation sites excluding steroid dienone is 1. The molecule has 13 rings (SSSR count). The Balaban J connectivity index is 0.823. The summed E-state index contributed by atoms with van der Waals surface area (Å²) in [5.41, 5.74) is 12.3. The molecule has 0 radical (unpaired) electrons. The van der Waals surface area contributed by atoms with E-state index in [9.17, 15) is 0 Å². The summed E-state index contributed by atoms with van der Waals surface area (Å²) < 4.78 is 13.3. The molecule has 0 bridgehead atoms. The molecular weight excluding hydrogens is 729 g/mol. The summed E-state index contributed by atoms with van der Waals surface area (Å²) in [6.45, 7) is 0. The maximum atomic E-state index is 6.64. The van der Waals surface area contributed by atoms with Crippen molar-refractivity contribution in [3.05, 3.63) is 211 Å². The molecule has 2 aromatic heterocycles. The molecule has 0 saturated heterocycles. The number of furan rings is 2. The minimum atomic E-state index is 0.228. The van der Waals surface area contributed by atoms with E-state index in [1.165, 1.54) is 82.0 Å². The molecule has 0 amide bonds. The fraction of sp³-hybridized carbons (Fsp3) is 0.0345. The average Bonchev–Trinajstić information content (AvgIpc) is 3.89. The summed E-state index contributed by atoms with van der Waals surface area (Å²) in [5, 5.41) is 13.4. The quantitative estimate of drug-likeness (QED) is 0.167. The van der Waals surface area contributed by atoms with Crippen LogP contribution in [0.5, 0.6) is 0 Å². The Hall–Kier alpha value is -7.68. The summed E-state index contributed by atoms with van der Waals surface area (Å²) >= 11 is 0. The van der Waals surface area contributed by atoms with Crippen molar-refractivity contribution in [1.82, 2.24) is 0 Å². The first-order valence-corrected chi connectivity index (χ1v) is 20.8. The van der Waals surface area contributed by atoms with Crippen molar-refractivity contribution < 1.29 is 8.83 Å². The van der Waals surface area contributed by atoms with Crippen LogP contribution in [-0.2, 0) is 6.42 Å². The summed E-state index contributed by atoms with van der Waals surface area (Å²) in [5.74, 6) is 1.15. The molecule has 0 aliphatic heterocycles. The zero-order chi connectivity index (χ0) is 39.3. The third kappa shape index (κ3) is 5.21. The average molecular weight is 765 g/mol. The van der Waals surface area contributed by atoms with Crippen molar-refractivity contribution in [1.29, 1.82) is 0 Å². The van der Waals surface area contributed by atoms with E-state index in [0.717, 1.165) is 50.7 Å². The monoisotopic (exact) mass is 764 g/mol. The van der Waals surface area contributed by atoms with Gasteiger partial charge in [-0.05, 0) is 143 Å². The lowest BCUT2D eigenvalue weighted by molar-refractivity contribution is 0.581. The Morgan fingerprint density at radius 3 is 1.78 bits per heavy atom. The topological polar surface area (TPSA) is 26.3 Å². The highest BCUT2D eigenvalue weighted by molar-refractivity contribution is 6.16. The second-order valence-electron chi connectivity index (χ2n) is 16.4. The fourth-order valence-corrected chi connectivity index (χ4v) is 9.91. The highest BCUT2D eigenvalue weighted by Crippen LogP contribution is 2.44. The van der Waals surface area contributed by atoms with E-state index in [2.05, 4.69) is 200 Å². The van der Waals surface area contributed by atoms with Gasteiger partial charge in [0.2, 0.25) is 0 Å². The van der Waals surface area contributed by atoms with Crippen molar-refractivity contribution in [3.8, 4) is 33.4 Å². The fourth-order valence-electron chi connectivity index (χ4n) is 9.91. The van der Waals surface area contributed by atoms with Crippen LogP contribution >= 0.6 is 0 Å². The van der Waals surface area contributed by atoms with Crippen LogP contribution in [0.15, 0.2) is 203 Å². The van der Waals surface area contributed by atoms with Crippen LogP contribution in [0.2, 0.25) is 0 Å². The van der Waals surface area contributed by atoms with Crippen LogP contribution in [0.4, 0.5) is 0 Å². The lowest BCUT2D eigenvalue weighted by atomic mass is 9.85. The highest BCUT2D eigenvalue weighted by atomic mass is 16.4. The third-order valence-electron chi connectivity index (χ3n) is 13.0. The van der Waals surface area contributed by atoms with Gasteiger partial charge in [-0.15, -0.1) is 0 Å². The van der Waals surface area contributed by atoms with Gasteiger partial charge in [0.25, 0.3) is 0 Å². The number of hydrogen-bond acceptors (Lipinski definition) is 2. The Morgan fingerprint density at radius 2 is 0.983 bits per heavy atom. The first kappa shape index (κ1) is 33.3. The van der Waals surface area contributed by atoms with Crippen LogP contribution in [0.3, 0.4) is 0 Å². The van der Waals surface area contributed by atoms with Crippen LogP contribution < -0.4 is 0 Å². The number of fused-ring (bicyclic) bond motifs is 12. The predicted octanol–water partition coefficient (Wildman–Crippen LogP) is 16.3. The van der Waals surface area contributed by atoms with Crippen LogP contribution in [-0.4, -0.2) is 0 Å².